The molecule has 0 atom stereocenters. The van der Waals surface area contributed by atoms with Crippen LogP contribution < -0.4 is 0 Å². The van der Waals surface area contributed by atoms with Gasteiger partial charge in [0, 0.05) is 19.0 Å². The molecule has 0 radical (unpaired) electrons. The minimum Gasteiger partial charge on any atom is -0.260 e. The quantitative estimate of drug-likeness (QED) is 0.728. The van der Waals surface area contributed by atoms with Gasteiger partial charge in [-0.3, -0.25) is 4.98 Å². The molecule has 0 aliphatic heterocycles. The summed E-state index contributed by atoms with van der Waals surface area (Å²) in [5.74, 6) is -3.01. The average molecular weight is 262 g/mol. The Morgan fingerprint density at radius 3 is 2.33 bits per heavy atom. The molecule has 0 amide bonds. The summed E-state index contributed by atoms with van der Waals surface area (Å²) in [5, 5.41) is 8.91. The van der Waals surface area contributed by atoms with Gasteiger partial charge < -0.3 is 0 Å². The molecular weight excluding hydrogens is 255 g/mol. The molecule has 2 rings (SSSR count). The SMILES string of the molecule is N#CC1(c2cc(C(F)(F)F)ccn2)CC(F)(F)C1. The van der Waals surface area contributed by atoms with Crippen LogP contribution in [0.2, 0.25) is 0 Å². The van der Waals surface area contributed by atoms with Crippen molar-refractivity contribution in [1.29, 1.82) is 5.26 Å². The molecule has 0 N–H and O–H groups in total. The Morgan fingerprint density at radius 2 is 1.89 bits per heavy atom. The first-order valence-electron chi connectivity index (χ1n) is 5.01. The standard InChI is InChI=1S/C11H7F5N2/c12-10(13)4-9(5-10,6-17)8-3-7(1-2-18-8)11(14,15)16/h1-3H,4-5H2. The highest BCUT2D eigenvalue weighted by Crippen LogP contribution is 2.52. The number of alkyl halides is 5. The van der Waals surface area contributed by atoms with Crippen LogP contribution in [-0.4, -0.2) is 10.9 Å². The Kier molecular flexibility index (Phi) is 2.58. The maximum atomic E-state index is 12.8. The fourth-order valence-corrected chi connectivity index (χ4v) is 2.02. The van der Waals surface area contributed by atoms with E-state index in [2.05, 4.69) is 4.98 Å². The molecule has 1 aliphatic carbocycles. The van der Waals surface area contributed by atoms with Gasteiger partial charge in [-0.15, -0.1) is 0 Å². The molecule has 1 aromatic rings. The van der Waals surface area contributed by atoms with Gasteiger partial charge >= 0.3 is 6.18 Å². The van der Waals surface area contributed by atoms with E-state index >= 15 is 0 Å². The zero-order valence-corrected chi connectivity index (χ0v) is 8.93. The first-order chi connectivity index (χ1) is 8.19. The third-order valence-corrected chi connectivity index (χ3v) is 2.91. The lowest BCUT2D eigenvalue weighted by atomic mass is 9.65. The number of hydrogen-bond donors (Lipinski definition) is 0. The van der Waals surface area contributed by atoms with Gasteiger partial charge in [-0.05, 0) is 12.1 Å². The van der Waals surface area contributed by atoms with E-state index in [-0.39, 0.29) is 5.69 Å². The lowest BCUT2D eigenvalue weighted by Crippen LogP contribution is -2.48. The first kappa shape index (κ1) is 12.7. The Bertz CT molecular complexity index is 507. The number of nitrogens with zero attached hydrogens (tertiary/aromatic N) is 2. The second-order valence-corrected chi connectivity index (χ2v) is 4.33. The summed E-state index contributed by atoms with van der Waals surface area (Å²) >= 11 is 0. The molecule has 2 nitrogen and oxygen atoms in total. The van der Waals surface area contributed by atoms with E-state index in [0.29, 0.717) is 6.07 Å². The van der Waals surface area contributed by atoms with Crippen LogP contribution in [0.15, 0.2) is 18.3 Å². The maximum Gasteiger partial charge on any atom is 0.416 e. The number of aromatic nitrogens is 1. The van der Waals surface area contributed by atoms with Crippen LogP contribution in [0.4, 0.5) is 22.0 Å². The van der Waals surface area contributed by atoms with Crippen molar-refractivity contribution in [2.45, 2.75) is 30.4 Å². The van der Waals surface area contributed by atoms with E-state index in [4.69, 9.17) is 5.26 Å². The van der Waals surface area contributed by atoms with E-state index in [9.17, 15) is 22.0 Å². The van der Waals surface area contributed by atoms with Crippen LogP contribution in [-0.2, 0) is 11.6 Å². The molecule has 96 valence electrons. The highest BCUT2D eigenvalue weighted by molar-refractivity contribution is 5.35. The van der Waals surface area contributed by atoms with Gasteiger partial charge in [-0.1, -0.05) is 0 Å². The van der Waals surface area contributed by atoms with Crippen molar-refractivity contribution in [3.8, 4) is 6.07 Å². The van der Waals surface area contributed by atoms with E-state index < -0.39 is 35.9 Å². The molecule has 0 unspecified atom stereocenters. The molecule has 1 aromatic heterocycles. The van der Waals surface area contributed by atoms with Gasteiger partial charge in [-0.25, -0.2) is 8.78 Å². The summed E-state index contributed by atoms with van der Waals surface area (Å²) in [6.07, 6.45) is -5.27. The van der Waals surface area contributed by atoms with Crippen molar-refractivity contribution in [2.75, 3.05) is 0 Å². The third kappa shape index (κ3) is 2.03. The van der Waals surface area contributed by atoms with Gasteiger partial charge in [0.1, 0.15) is 5.41 Å². The summed E-state index contributed by atoms with van der Waals surface area (Å²) in [6.45, 7) is 0. The van der Waals surface area contributed by atoms with Crippen LogP contribution in [0, 0.1) is 11.3 Å². The second-order valence-electron chi connectivity index (χ2n) is 4.33. The monoisotopic (exact) mass is 262 g/mol. The minimum absolute atomic E-state index is 0.245. The molecule has 1 saturated carbocycles. The van der Waals surface area contributed by atoms with Gasteiger partial charge in [0.25, 0.3) is 5.92 Å². The number of rotatable bonds is 1. The van der Waals surface area contributed by atoms with E-state index in [1.807, 2.05) is 0 Å². The van der Waals surface area contributed by atoms with Crippen molar-refractivity contribution in [3.63, 3.8) is 0 Å². The molecule has 1 aliphatic rings. The topological polar surface area (TPSA) is 36.7 Å². The molecule has 18 heavy (non-hydrogen) atoms. The van der Waals surface area contributed by atoms with Crippen LogP contribution in [0.1, 0.15) is 24.1 Å². The van der Waals surface area contributed by atoms with Gasteiger partial charge in [0.05, 0.1) is 17.3 Å². The summed E-state index contributed by atoms with van der Waals surface area (Å²) in [7, 11) is 0. The van der Waals surface area contributed by atoms with Crippen LogP contribution in [0.25, 0.3) is 0 Å². The second kappa shape index (κ2) is 3.64. The Labute approximate surface area is 99.1 Å². The molecule has 0 spiro atoms. The number of hydrogen-bond acceptors (Lipinski definition) is 2. The average Bonchev–Trinajstić information content (AvgIpc) is 2.24. The summed E-state index contributed by atoms with van der Waals surface area (Å²) < 4.78 is 63.1. The predicted molar refractivity (Wildman–Crippen MR) is 50.7 cm³/mol. The molecule has 0 saturated heterocycles. The van der Waals surface area contributed by atoms with Crippen LogP contribution >= 0.6 is 0 Å². The molecule has 0 bridgehead atoms. The van der Waals surface area contributed by atoms with E-state index in [1.54, 1.807) is 6.07 Å². The number of nitriles is 1. The molecule has 0 aromatic carbocycles. The van der Waals surface area contributed by atoms with E-state index in [0.717, 1.165) is 12.3 Å². The first-order valence-corrected chi connectivity index (χ1v) is 5.01. The summed E-state index contributed by atoms with van der Waals surface area (Å²) in [5.41, 5.74) is -2.84. The highest BCUT2D eigenvalue weighted by atomic mass is 19.4. The van der Waals surface area contributed by atoms with Crippen molar-refractivity contribution in [1.82, 2.24) is 4.98 Å². The van der Waals surface area contributed by atoms with Gasteiger partial charge in [0.2, 0.25) is 0 Å². The zero-order valence-electron chi connectivity index (χ0n) is 8.93. The fourth-order valence-electron chi connectivity index (χ4n) is 2.02. The van der Waals surface area contributed by atoms with Crippen molar-refractivity contribution in [3.05, 3.63) is 29.6 Å². The van der Waals surface area contributed by atoms with Crippen molar-refractivity contribution in [2.24, 2.45) is 0 Å². The largest absolute Gasteiger partial charge is 0.416 e. The molecule has 1 heterocycles. The highest BCUT2D eigenvalue weighted by Gasteiger charge is 2.59. The summed E-state index contributed by atoms with van der Waals surface area (Å²) in [6, 6.07) is 3.06. The molecular formula is C11H7F5N2. The van der Waals surface area contributed by atoms with Gasteiger partial charge in [0.15, 0.2) is 0 Å². The van der Waals surface area contributed by atoms with Crippen molar-refractivity contribution < 1.29 is 22.0 Å². The van der Waals surface area contributed by atoms with Gasteiger partial charge in [-0.2, -0.15) is 18.4 Å². The smallest absolute Gasteiger partial charge is 0.260 e. The van der Waals surface area contributed by atoms with E-state index in [1.165, 1.54) is 0 Å². The minimum atomic E-state index is -4.58. The number of pyridine rings is 1. The fraction of sp³-hybridized carbons (Fsp3) is 0.455. The normalized spacial score (nSPS) is 20.9. The maximum absolute atomic E-state index is 12.8. The van der Waals surface area contributed by atoms with Crippen LogP contribution in [0.3, 0.4) is 0 Å². The number of halogens is 5. The lowest BCUT2D eigenvalue weighted by molar-refractivity contribution is -0.138. The third-order valence-electron chi connectivity index (χ3n) is 2.91. The zero-order chi connectivity index (χ0) is 13.6. The van der Waals surface area contributed by atoms with Crippen molar-refractivity contribution >= 4 is 0 Å². The Hall–Kier alpha value is -1.71. The predicted octanol–water partition coefficient (Wildman–Crippen LogP) is 3.29. The summed E-state index contributed by atoms with van der Waals surface area (Å²) in [4.78, 5) is 3.63. The Balaban J connectivity index is 2.38. The molecule has 7 heteroatoms. The molecule has 1 fully saturated rings. The lowest BCUT2D eigenvalue weighted by Gasteiger charge is -2.41. The van der Waals surface area contributed by atoms with Crippen LogP contribution in [0.5, 0.6) is 0 Å². The Morgan fingerprint density at radius 1 is 1.28 bits per heavy atom.